The molecule has 0 atom stereocenters. The first-order chi connectivity index (χ1) is 9.35. The molecule has 0 bridgehead atoms. The van der Waals surface area contributed by atoms with Crippen molar-refractivity contribution in [1.29, 1.82) is 0 Å². The van der Waals surface area contributed by atoms with Gasteiger partial charge in [0.2, 0.25) is 5.13 Å². The van der Waals surface area contributed by atoms with E-state index in [1.54, 1.807) is 40.7 Å². The minimum Gasteiger partial charge on any atom is -0.462 e. The van der Waals surface area contributed by atoms with Crippen LogP contribution in [0.1, 0.15) is 5.69 Å². The minimum atomic E-state index is 0.787. The van der Waals surface area contributed by atoms with E-state index in [1.165, 1.54) is 0 Å². The first-order valence-corrected chi connectivity index (χ1v) is 8.15. The molecule has 0 saturated heterocycles. The van der Waals surface area contributed by atoms with Gasteiger partial charge in [0.05, 0.1) is 12.0 Å². The van der Waals surface area contributed by atoms with Crippen molar-refractivity contribution in [2.24, 2.45) is 0 Å². The lowest BCUT2D eigenvalue weighted by atomic mass is 10.5. The Morgan fingerprint density at radius 3 is 3.11 bits per heavy atom. The van der Waals surface area contributed by atoms with Gasteiger partial charge in [0.15, 0.2) is 15.1 Å². The number of hydrogen-bond acceptors (Lipinski definition) is 8. The van der Waals surface area contributed by atoms with Crippen LogP contribution in [0.3, 0.4) is 0 Å². The molecule has 3 rings (SSSR count). The molecule has 0 aromatic carbocycles. The predicted octanol–water partition coefficient (Wildman–Crippen LogP) is 3.59. The number of aromatic nitrogens is 3. The highest BCUT2D eigenvalue weighted by Gasteiger charge is 2.09. The van der Waals surface area contributed by atoms with Crippen molar-refractivity contribution in [2.45, 2.75) is 10.1 Å². The molecular formula is C11H10N4OS3. The van der Waals surface area contributed by atoms with Gasteiger partial charge in [0.1, 0.15) is 0 Å². The summed E-state index contributed by atoms with van der Waals surface area (Å²) in [6, 6.07) is 3.78. The van der Waals surface area contributed by atoms with Crippen LogP contribution in [-0.2, 0) is 5.75 Å². The lowest BCUT2D eigenvalue weighted by molar-refractivity contribution is 0.581. The van der Waals surface area contributed by atoms with Gasteiger partial charge in [-0.1, -0.05) is 23.1 Å². The van der Waals surface area contributed by atoms with Crippen LogP contribution < -0.4 is 5.32 Å². The van der Waals surface area contributed by atoms with Crippen molar-refractivity contribution in [3.05, 3.63) is 29.5 Å². The second-order valence-electron chi connectivity index (χ2n) is 3.53. The maximum atomic E-state index is 5.33. The fourth-order valence-electron chi connectivity index (χ4n) is 1.39. The van der Waals surface area contributed by atoms with Crippen molar-refractivity contribution in [3.63, 3.8) is 0 Å². The van der Waals surface area contributed by atoms with Crippen molar-refractivity contribution < 1.29 is 4.42 Å². The summed E-state index contributed by atoms with van der Waals surface area (Å²) in [4.78, 5) is 4.54. The average Bonchev–Trinajstić information content (AvgIpc) is 3.16. The third-order valence-electron chi connectivity index (χ3n) is 2.25. The van der Waals surface area contributed by atoms with Gasteiger partial charge in [0.25, 0.3) is 0 Å². The Labute approximate surface area is 122 Å². The largest absolute Gasteiger partial charge is 0.462 e. The molecule has 5 nitrogen and oxygen atoms in total. The van der Waals surface area contributed by atoms with Crippen LogP contribution in [0, 0.1) is 0 Å². The molecule has 0 amide bonds. The Morgan fingerprint density at radius 1 is 1.42 bits per heavy atom. The molecule has 3 aromatic heterocycles. The smallest absolute Gasteiger partial charge is 0.206 e. The molecular weight excluding hydrogens is 300 g/mol. The molecule has 3 aromatic rings. The molecule has 0 aliphatic carbocycles. The zero-order chi connectivity index (χ0) is 13.1. The minimum absolute atomic E-state index is 0.787. The molecule has 98 valence electrons. The first-order valence-electron chi connectivity index (χ1n) is 5.47. The van der Waals surface area contributed by atoms with Crippen LogP contribution in [0.4, 0.5) is 5.13 Å². The van der Waals surface area contributed by atoms with E-state index in [-0.39, 0.29) is 0 Å². The Morgan fingerprint density at radius 2 is 2.37 bits per heavy atom. The zero-order valence-electron chi connectivity index (χ0n) is 9.99. The van der Waals surface area contributed by atoms with Crippen molar-refractivity contribution in [1.82, 2.24) is 15.2 Å². The maximum absolute atomic E-state index is 5.33. The second-order valence-corrected chi connectivity index (χ2v) is 6.59. The zero-order valence-corrected chi connectivity index (χ0v) is 12.4. The third-order valence-corrected chi connectivity index (χ3v) is 5.26. The van der Waals surface area contributed by atoms with Crippen LogP contribution in [0.15, 0.2) is 32.5 Å². The van der Waals surface area contributed by atoms with Crippen molar-refractivity contribution in [3.8, 4) is 10.8 Å². The summed E-state index contributed by atoms with van der Waals surface area (Å²) in [5, 5.41) is 14.8. The summed E-state index contributed by atoms with van der Waals surface area (Å²) in [5.74, 6) is 1.60. The molecule has 0 fully saturated rings. The molecule has 0 radical (unpaired) electrons. The average molecular weight is 310 g/mol. The van der Waals surface area contributed by atoms with E-state index in [2.05, 4.69) is 20.5 Å². The number of nitrogens with zero attached hydrogens (tertiary/aromatic N) is 3. The number of furan rings is 1. The Balaban J connectivity index is 1.64. The summed E-state index contributed by atoms with van der Waals surface area (Å²) >= 11 is 4.77. The molecule has 0 spiro atoms. The van der Waals surface area contributed by atoms with E-state index >= 15 is 0 Å². The number of rotatable bonds is 5. The summed E-state index contributed by atoms with van der Waals surface area (Å²) in [6.07, 6.45) is 1.66. The van der Waals surface area contributed by atoms with Crippen LogP contribution in [-0.4, -0.2) is 22.2 Å². The number of nitrogens with one attached hydrogen (secondary N) is 1. The van der Waals surface area contributed by atoms with Crippen LogP contribution in [0.25, 0.3) is 10.8 Å². The third kappa shape index (κ3) is 2.96. The molecule has 0 aliphatic heterocycles. The van der Waals surface area contributed by atoms with E-state index in [4.69, 9.17) is 4.42 Å². The van der Waals surface area contributed by atoms with E-state index < -0.39 is 0 Å². The molecule has 0 aliphatic rings. The van der Waals surface area contributed by atoms with Crippen LogP contribution >= 0.6 is 34.4 Å². The van der Waals surface area contributed by atoms with Gasteiger partial charge in [-0.15, -0.1) is 21.5 Å². The van der Waals surface area contributed by atoms with Gasteiger partial charge >= 0.3 is 0 Å². The van der Waals surface area contributed by atoms with Gasteiger partial charge < -0.3 is 9.73 Å². The fraction of sp³-hybridized carbons (Fsp3) is 0.182. The molecule has 1 N–H and O–H groups in total. The molecule has 0 saturated carbocycles. The monoisotopic (exact) mass is 310 g/mol. The first kappa shape index (κ1) is 12.6. The van der Waals surface area contributed by atoms with E-state index in [0.29, 0.717) is 0 Å². The Kier molecular flexibility index (Phi) is 3.81. The summed E-state index contributed by atoms with van der Waals surface area (Å²) < 4.78 is 6.27. The van der Waals surface area contributed by atoms with Gasteiger partial charge in [-0.25, -0.2) is 4.98 Å². The van der Waals surface area contributed by atoms with Crippen LogP contribution in [0.5, 0.6) is 0 Å². The number of thioether (sulfide) groups is 1. The Hall–Kier alpha value is -1.38. The van der Waals surface area contributed by atoms with E-state index in [0.717, 1.165) is 31.7 Å². The summed E-state index contributed by atoms with van der Waals surface area (Å²) in [6.45, 7) is 0. The molecule has 8 heteroatoms. The highest BCUT2D eigenvalue weighted by molar-refractivity contribution is 8.00. The highest BCUT2D eigenvalue weighted by atomic mass is 32.2. The maximum Gasteiger partial charge on any atom is 0.206 e. The van der Waals surface area contributed by atoms with E-state index in [1.807, 2.05) is 24.6 Å². The number of thiazole rings is 1. The highest BCUT2D eigenvalue weighted by Crippen LogP contribution is 2.30. The molecule has 19 heavy (non-hydrogen) atoms. The Bertz CT molecular complexity index is 647. The van der Waals surface area contributed by atoms with Gasteiger partial charge in [-0.3, -0.25) is 0 Å². The van der Waals surface area contributed by atoms with E-state index in [9.17, 15) is 0 Å². The van der Waals surface area contributed by atoms with Gasteiger partial charge in [-0.05, 0) is 12.1 Å². The number of anilines is 1. The van der Waals surface area contributed by atoms with Crippen molar-refractivity contribution in [2.75, 3.05) is 12.4 Å². The summed E-state index contributed by atoms with van der Waals surface area (Å²) in [5.41, 5.74) is 1.03. The lowest BCUT2D eigenvalue weighted by Crippen LogP contribution is -1.84. The summed E-state index contributed by atoms with van der Waals surface area (Å²) in [7, 11) is 1.84. The molecule has 3 heterocycles. The lowest BCUT2D eigenvalue weighted by Gasteiger charge is -1.92. The topological polar surface area (TPSA) is 63.8 Å². The van der Waals surface area contributed by atoms with Gasteiger partial charge in [-0.2, -0.15) is 0 Å². The second kappa shape index (κ2) is 5.72. The predicted molar refractivity (Wildman–Crippen MR) is 78.8 cm³/mol. The van der Waals surface area contributed by atoms with Crippen LogP contribution in [0.2, 0.25) is 0 Å². The molecule has 0 unspecified atom stereocenters. The van der Waals surface area contributed by atoms with Crippen molar-refractivity contribution >= 4 is 39.6 Å². The standard InChI is InChI=1S/C11H10N4OS3/c1-12-10-14-15-11(19-10)18-6-7-5-17-9(13-7)8-3-2-4-16-8/h2-5H,6H2,1H3,(H,12,14). The fourth-order valence-corrected chi connectivity index (χ4v) is 3.88. The number of hydrogen-bond donors (Lipinski definition) is 1. The quantitative estimate of drug-likeness (QED) is 0.727. The van der Waals surface area contributed by atoms with Gasteiger partial charge in [0, 0.05) is 18.2 Å². The SMILES string of the molecule is CNc1nnc(SCc2csc(-c3ccco3)n2)s1. The normalized spacial score (nSPS) is 10.8.